The summed E-state index contributed by atoms with van der Waals surface area (Å²) >= 11 is 0. The van der Waals surface area contributed by atoms with Crippen LogP contribution in [0.5, 0.6) is 0 Å². The van der Waals surface area contributed by atoms with E-state index in [2.05, 4.69) is 9.72 Å². The molecule has 8 heteroatoms. The number of carbonyl (C=O) groups excluding carboxylic acids is 1. The molecule has 3 aromatic rings. The molecule has 5 nitrogen and oxygen atoms in total. The van der Waals surface area contributed by atoms with Crippen LogP contribution in [0.4, 0.5) is 18.9 Å². The highest BCUT2D eigenvalue weighted by molar-refractivity contribution is 5.89. The van der Waals surface area contributed by atoms with Crippen molar-refractivity contribution in [2.45, 2.75) is 0 Å². The molecule has 0 saturated heterocycles. The van der Waals surface area contributed by atoms with Crippen LogP contribution < -0.4 is 5.73 Å². The zero-order valence-corrected chi connectivity index (χ0v) is 11.8. The molecule has 2 N–H and O–H groups in total. The number of benzene rings is 1. The summed E-state index contributed by atoms with van der Waals surface area (Å²) in [5, 5.41) is 0.480. The Bertz CT molecular complexity index is 937. The maximum Gasteiger partial charge on any atom is 0.359 e. The van der Waals surface area contributed by atoms with Crippen LogP contribution in [0.1, 0.15) is 10.5 Å². The second kappa shape index (κ2) is 5.31. The second-order valence-electron chi connectivity index (χ2n) is 4.68. The Morgan fingerprint density at radius 2 is 1.96 bits per heavy atom. The largest absolute Gasteiger partial charge is 0.464 e. The first-order chi connectivity index (χ1) is 11.0. The zero-order valence-electron chi connectivity index (χ0n) is 11.8. The number of hydrogen-bond donors (Lipinski definition) is 1. The summed E-state index contributed by atoms with van der Waals surface area (Å²) in [4.78, 5) is 15.2. The molecule has 0 aliphatic rings. The predicted octanol–water partition coefficient (Wildman–Crippen LogP) is 2.81. The smallest absolute Gasteiger partial charge is 0.359 e. The van der Waals surface area contributed by atoms with Gasteiger partial charge in [0.25, 0.3) is 0 Å². The lowest BCUT2D eigenvalue weighted by Gasteiger charge is -2.11. The molecule has 2 aromatic heterocycles. The summed E-state index contributed by atoms with van der Waals surface area (Å²) in [5.41, 5.74) is 3.71. The van der Waals surface area contributed by atoms with Crippen molar-refractivity contribution >= 4 is 22.6 Å². The SMILES string of the molecule is COC(=O)c1nc(-n2ccc3cccc(F)c32)c(F)c(N)c1F. The van der Waals surface area contributed by atoms with Gasteiger partial charge in [-0.1, -0.05) is 12.1 Å². The first kappa shape index (κ1) is 14.9. The van der Waals surface area contributed by atoms with Gasteiger partial charge >= 0.3 is 5.97 Å². The highest BCUT2D eigenvalue weighted by atomic mass is 19.1. The summed E-state index contributed by atoms with van der Waals surface area (Å²) in [7, 11) is 1.02. The van der Waals surface area contributed by atoms with Gasteiger partial charge < -0.3 is 10.5 Å². The van der Waals surface area contributed by atoms with Crippen LogP contribution in [0.2, 0.25) is 0 Å². The van der Waals surface area contributed by atoms with Gasteiger partial charge in [-0.15, -0.1) is 0 Å². The number of nitrogen functional groups attached to an aromatic ring is 1. The van der Waals surface area contributed by atoms with E-state index in [0.717, 1.165) is 11.7 Å². The number of carbonyl (C=O) groups is 1. The van der Waals surface area contributed by atoms with Crippen molar-refractivity contribution in [3.8, 4) is 5.82 Å². The number of halogens is 3. The second-order valence-corrected chi connectivity index (χ2v) is 4.68. The predicted molar refractivity (Wildman–Crippen MR) is 76.7 cm³/mol. The first-order valence-electron chi connectivity index (χ1n) is 6.44. The van der Waals surface area contributed by atoms with Crippen molar-refractivity contribution in [3.63, 3.8) is 0 Å². The van der Waals surface area contributed by atoms with Crippen molar-refractivity contribution in [3.05, 3.63) is 53.6 Å². The molecule has 0 atom stereocenters. The normalized spacial score (nSPS) is 11.0. The number of anilines is 1. The van der Waals surface area contributed by atoms with E-state index in [4.69, 9.17) is 5.73 Å². The van der Waals surface area contributed by atoms with Crippen molar-refractivity contribution in [1.29, 1.82) is 0 Å². The number of nitrogens with two attached hydrogens (primary N) is 1. The van der Waals surface area contributed by atoms with Crippen LogP contribution in [-0.4, -0.2) is 22.6 Å². The van der Waals surface area contributed by atoms with Gasteiger partial charge in [-0.2, -0.15) is 0 Å². The fourth-order valence-corrected chi connectivity index (χ4v) is 2.27. The number of ether oxygens (including phenoxy) is 1. The summed E-state index contributed by atoms with van der Waals surface area (Å²) in [6.45, 7) is 0. The van der Waals surface area contributed by atoms with Crippen molar-refractivity contribution in [1.82, 2.24) is 9.55 Å². The molecule has 118 valence electrons. The quantitative estimate of drug-likeness (QED) is 0.737. The Labute approximate surface area is 128 Å². The molecule has 0 bridgehead atoms. The van der Waals surface area contributed by atoms with E-state index in [0.29, 0.717) is 5.39 Å². The molecule has 3 rings (SSSR count). The lowest BCUT2D eigenvalue weighted by molar-refractivity contribution is 0.0588. The summed E-state index contributed by atoms with van der Waals surface area (Å²) < 4.78 is 47.7. The maximum absolute atomic E-state index is 14.3. The topological polar surface area (TPSA) is 70.1 Å². The van der Waals surface area contributed by atoms with Gasteiger partial charge in [-0.25, -0.2) is 22.9 Å². The average Bonchev–Trinajstić information content (AvgIpc) is 2.97. The number of rotatable bonds is 2. The monoisotopic (exact) mass is 321 g/mol. The van der Waals surface area contributed by atoms with Gasteiger partial charge in [0, 0.05) is 11.6 Å². The molecule has 1 aromatic carbocycles. The molecule has 0 spiro atoms. The highest BCUT2D eigenvalue weighted by Gasteiger charge is 2.25. The number of methoxy groups -OCH3 is 1. The zero-order chi connectivity index (χ0) is 16.7. The van der Waals surface area contributed by atoms with E-state index in [-0.39, 0.29) is 5.52 Å². The third-order valence-electron chi connectivity index (χ3n) is 3.36. The maximum atomic E-state index is 14.3. The van der Waals surface area contributed by atoms with Crippen LogP contribution in [-0.2, 0) is 4.74 Å². The van der Waals surface area contributed by atoms with Crippen molar-refractivity contribution < 1.29 is 22.7 Å². The minimum absolute atomic E-state index is 0.0284. The molecule has 0 aliphatic heterocycles. The molecule has 0 saturated carbocycles. The van der Waals surface area contributed by atoms with Crippen molar-refractivity contribution in [2.75, 3.05) is 12.8 Å². The Kier molecular flexibility index (Phi) is 3.44. The molecule has 2 heterocycles. The van der Waals surface area contributed by atoms with Crippen molar-refractivity contribution in [2.24, 2.45) is 0 Å². The summed E-state index contributed by atoms with van der Waals surface area (Å²) in [5.74, 6) is -4.76. The molecular weight excluding hydrogens is 311 g/mol. The van der Waals surface area contributed by atoms with Crippen LogP contribution in [0.3, 0.4) is 0 Å². The Morgan fingerprint density at radius 3 is 2.65 bits per heavy atom. The Balaban J connectivity index is 2.35. The fraction of sp³-hybridized carbons (Fsp3) is 0.0667. The minimum atomic E-state index is -1.32. The van der Waals surface area contributed by atoms with E-state index in [1.165, 1.54) is 24.4 Å². The third kappa shape index (κ3) is 2.19. The molecule has 0 fully saturated rings. The lowest BCUT2D eigenvalue weighted by atomic mass is 10.2. The van der Waals surface area contributed by atoms with Gasteiger partial charge in [-0.3, -0.25) is 4.57 Å². The van der Waals surface area contributed by atoms with Gasteiger partial charge in [-0.05, 0) is 12.1 Å². The van der Waals surface area contributed by atoms with Gasteiger partial charge in [0.1, 0.15) is 11.5 Å². The number of fused-ring (bicyclic) bond motifs is 1. The molecule has 0 unspecified atom stereocenters. The standard InChI is InChI=1S/C15H10F3N3O2/c1-23-15(22)12-9(17)11(19)10(18)14(20-12)21-6-5-7-3-2-4-8(16)13(7)21/h2-6H,1H3,(H2,19,20). The highest BCUT2D eigenvalue weighted by Crippen LogP contribution is 2.28. The lowest BCUT2D eigenvalue weighted by Crippen LogP contribution is -2.15. The molecule has 0 radical (unpaired) electrons. The first-order valence-corrected chi connectivity index (χ1v) is 6.44. The van der Waals surface area contributed by atoms with E-state index in [9.17, 15) is 18.0 Å². The average molecular weight is 321 g/mol. The van der Waals surface area contributed by atoms with Gasteiger partial charge in [0.05, 0.1) is 12.6 Å². The number of nitrogens with zero attached hydrogens (tertiary/aromatic N) is 2. The summed E-state index contributed by atoms with van der Waals surface area (Å²) in [6.07, 6.45) is 1.34. The van der Waals surface area contributed by atoms with Crippen LogP contribution >= 0.6 is 0 Å². The molecule has 0 amide bonds. The fourth-order valence-electron chi connectivity index (χ4n) is 2.27. The van der Waals surface area contributed by atoms with Crippen LogP contribution in [0.15, 0.2) is 30.5 Å². The minimum Gasteiger partial charge on any atom is -0.464 e. The van der Waals surface area contributed by atoms with Crippen LogP contribution in [0, 0.1) is 17.5 Å². The summed E-state index contributed by atoms with van der Waals surface area (Å²) in [6, 6.07) is 5.81. The molecule has 0 aliphatic carbocycles. The molecule has 23 heavy (non-hydrogen) atoms. The third-order valence-corrected chi connectivity index (χ3v) is 3.36. The van der Waals surface area contributed by atoms with E-state index < -0.39 is 40.6 Å². The van der Waals surface area contributed by atoms with E-state index in [1.807, 2.05) is 0 Å². The van der Waals surface area contributed by atoms with Crippen LogP contribution in [0.25, 0.3) is 16.7 Å². The number of para-hydroxylation sites is 1. The number of hydrogen-bond acceptors (Lipinski definition) is 4. The van der Waals surface area contributed by atoms with E-state index >= 15 is 0 Å². The molecular formula is C15H10F3N3O2. The number of esters is 1. The Hall–Kier alpha value is -3.03. The number of aromatic nitrogens is 2. The van der Waals surface area contributed by atoms with Gasteiger partial charge in [0.15, 0.2) is 23.1 Å². The number of pyridine rings is 1. The Morgan fingerprint density at radius 1 is 1.22 bits per heavy atom. The van der Waals surface area contributed by atoms with E-state index in [1.54, 1.807) is 6.07 Å². The van der Waals surface area contributed by atoms with Gasteiger partial charge in [0.2, 0.25) is 0 Å².